The van der Waals surface area contributed by atoms with Crippen molar-refractivity contribution >= 4 is 17.6 Å². The van der Waals surface area contributed by atoms with E-state index in [9.17, 15) is 9.59 Å². The van der Waals surface area contributed by atoms with Gasteiger partial charge in [-0.15, -0.1) is 0 Å². The van der Waals surface area contributed by atoms with Crippen molar-refractivity contribution in [2.75, 3.05) is 26.4 Å². The first-order valence-corrected chi connectivity index (χ1v) is 5.00. The zero-order chi connectivity index (χ0) is 13.0. The highest BCUT2D eigenvalue weighted by Gasteiger charge is 2.17. The second kappa shape index (κ2) is 5.29. The average molecular weight is 237 g/mol. The molecule has 6 nitrogen and oxygen atoms in total. The molecule has 1 rings (SSSR count). The quantitative estimate of drug-likeness (QED) is 0.760. The zero-order valence-electron chi connectivity index (χ0n) is 10.1. The summed E-state index contributed by atoms with van der Waals surface area (Å²) in [6.45, 7) is 1.60. The standard InChI is InChI=1S/C11H15N3O3/c1-7-9(4-8(12)5-13-7)11(16)14(2)6-10(15)17-3/h4-5H,6,12H2,1-3H3. The van der Waals surface area contributed by atoms with Crippen molar-refractivity contribution in [3.8, 4) is 0 Å². The van der Waals surface area contributed by atoms with Gasteiger partial charge in [-0.2, -0.15) is 0 Å². The van der Waals surface area contributed by atoms with Gasteiger partial charge in [0.2, 0.25) is 0 Å². The Morgan fingerprint density at radius 2 is 2.18 bits per heavy atom. The van der Waals surface area contributed by atoms with Gasteiger partial charge >= 0.3 is 5.97 Å². The molecule has 0 atom stereocenters. The van der Waals surface area contributed by atoms with Crippen molar-refractivity contribution in [3.05, 3.63) is 23.5 Å². The molecule has 1 aromatic heterocycles. The van der Waals surface area contributed by atoms with Crippen LogP contribution in [0.4, 0.5) is 5.69 Å². The molecule has 0 saturated carbocycles. The van der Waals surface area contributed by atoms with Crippen LogP contribution in [0.25, 0.3) is 0 Å². The Morgan fingerprint density at radius 3 is 2.76 bits per heavy atom. The summed E-state index contributed by atoms with van der Waals surface area (Å²) in [5.74, 6) is -0.789. The number of esters is 1. The highest BCUT2D eigenvalue weighted by molar-refractivity contribution is 5.97. The van der Waals surface area contributed by atoms with Crippen LogP contribution in [0.2, 0.25) is 0 Å². The number of methoxy groups -OCH3 is 1. The number of ether oxygens (including phenoxy) is 1. The maximum atomic E-state index is 12.0. The molecular weight excluding hydrogens is 222 g/mol. The first-order chi connectivity index (χ1) is 7.95. The summed E-state index contributed by atoms with van der Waals surface area (Å²) in [4.78, 5) is 28.3. The molecule has 0 bridgehead atoms. The number of carbonyl (C=O) groups is 2. The van der Waals surface area contributed by atoms with E-state index in [1.54, 1.807) is 13.0 Å². The lowest BCUT2D eigenvalue weighted by Gasteiger charge is -2.16. The molecule has 0 saturated heterocycles. The number of hydrogen-bond donors (Lipinski definition) is 1. The largest absolute Gasteiger partial charge is 0.468 e. The summed E-state index contributed by atoms with van der Waals surface area (Å²) >= 11 is 0. The molecule has 0 aliphatic rings. The zero-order valence-corrected chi connectivity index (χ0v) is 10.1. The highest BCUT2D eigenvalue weighted by atomic mass is 16.5. The molecule has 17 heavy (non-hydrogen) atoms. The summed E-state index contributed by atoms with van der Waals surface area (Å²) < 4.78 is 4.49. The number of anilines is 1. The van der Waals surface area contributed by atoms with E-state index in [4.69, 9.17) is 5.73 Å². The highest BCUT2D eigenvalue weighted by Crippen LogP contribution is 2.11. The third-order valence-corrected chi connectivity index (χ3v) is 2.28. The molecule has 1 amide bonds. The Bertz CT molecular complexity index is 446. The van der Waals surface area contributed by atoms with Crippen LogP contribution in [-0.2, 0) is 9.53 Å². The van der Waals surface area contributed by atoms with Crippen LogP contribution in [0.1, 0.15) is 16.1 Å². The van der Waals surface area contributed by atoms with Gasteiger partial charge in [0, 0.05) is 7.05 Å². The fourth-order valence-corrected chi connectivity index (χ4v) is 1.30. The Morgan fingerprint density at radius 1 is 1.53 bits per heavy atom. The Balaban J connectivity index is 2.88. The molecule has 0 radical (unpaired) electrons. The van der Waals surface area contributed by atoms with Crippen LogP contribution in [0.3, 0.4) is 0 Å². The number of aromatic nitrogens is 1. The third-order valence-electron chi connectivity index (χ3n) is 2.28. The van der Waals surface area contributed by atoms with Crippen molar-refractivity contribution in [1.29, 1.82) is 0 Å². The molecule has 2 N–H and O–H groups in total. The fraction of sp³-hybridized carbons (Fsp3) is 0.364. The van der Waals surface area contributed by atoms with Crippen LogP contribution in [0, 0.1) is 6.92 Å². The molecule has 1 aromatic rings. The maximum absolute atomic E-state index is 12.0. The number of amides is 1. The third kappa shape index (κ3) is 3.17. The Hall–Kier alpha value is -2.11. The summed E-state index contributed by atoms with van der Waals surface area (Å²) in [5.41, 5.74) is 6.93. The van der Waals surface area contributed by atoms with Crippen LogP contribution >= 0.6 is 0 Å². The average Bonchev–Trinajstić information content (AvgIpc) is 2.31. The topological polar surface area (TPSA) is 85.5 Å². The van der Waals surface area contributed by atoms with Gasteiger partial charge in [-0.05, 0) is 13.0 Å². The molecule has 0 aliphatic heterocycles. The lowest BCUT2D eigenvalue weighted by Crippen LogP contribution is -2.33. The molecule has 0 unspecified atom stereocenters. The van der Waals surface area contributed by atoms with E-state index in [1.807, 2.05) is 0 Å². The number of nitrogens with two attached hydrogens (primary N) is 1. The molecule has 0 spiro atoms. The van der Waals surface area contributed by atoms with E-state index in [0.717, 1.165) is 0 Å². The minimum atomic E-state index is -0.477. The first-order valence-electron chi connectivity index (χ1n) is 5.00. The second-order valence-corrected chi connectivity index (χ2v) is 3.64. The number of nitrogens with zero attached hydrogens (tertiary/aromatic N) is 2. The van der Waals surface area contributed by atoms with Gasteiger partial charge < -0.3 is 15.4 Å². The molecule has 1 heterocycles. The van der Waals surface area contributed by atoms with E-state index < -0.39 is 5.97 Å². The molecule has 0 aliphatic carbocycles. The molecule has 92 valence electrons. The monoisotopic (exact) mass is 237 g/mol. The van der Waals surface area contributed by atoms with Gasteiger partial charge in [0.1, 0.15) is 6.54 Å². The summed E-state index contributed by atoms with van der Waals surface area (Å²) in [6.07, 6.45) is 1.48. The van der Waals surface area contributed by atoms with Crippen LogP contribution in [-0.4, -0.2) is 42.5 Å². The number of pyridine rings is 1. The van der Waals surface area contributed by atoms with Gasteiger partial charge in [-0.1, -0.05) is 0 Å². The summed E-state index contributed by atoms with van der Waals surface area (Å²) in [7, 11) is 2.79. The summed E-state index contributed by atoms with van der Waals surface area (Å²) in [5, 5.41) is 0. The number of rotatable bonds is 3. The molecular formula is C11H15N3O3. The second-order valence-electron chi connectivity index (χ2n) is 3.64. The predicted octanol–water partition coefficient (Wildman–Crippen LogP) is 0.217. The number of carbonyl (C=O) groups excluding carboxylic acids is 2. The fourth-order valence-electron chi connectivity index (χ4n) is 1.30. The smallest absolute Gasteiger partial charge is 0.325 e. The Kier molecular flexibility index (Phi) is 4.03. The van der Waals surface area contributed by atoms with Crippen molar-refractivity contribution in [2.45, 2.75) is 6.92 Å². The molecule has 0 fully saturated rings. The normalized spacial score (nSPS) is 9.82. The SMILES string of the molecule is COC(=O)CN(C)C(=O)c1cc(N)cnc1C. The maximum Gasteiger partial charge on any atom is 0.325 e. The van der Waals surface area contributed by atoms with E-state index in [2.05, 4.69) is 9.72 Å². The van der Waals surface area contributed by atoms with Crippen molar-refractivity contribution in [3.63, 3.8) is 0 Å². The number of aryl methyl sites for hydroxylation is 1. The van der Waals surface area contributed by atoms with E-state index >= 15 is 0 Å². The minimum Gasteiger partial charge on any atom is -0.468 e. The number of likely N-dealkylation sites (N-methyl/N-ethyl adjacent to an activating group) is 1. The van der Waals surface area contributed by atoms with Crippen molar-refractivity contribution in [2.24, 2.45) is 0 Å². The van der Waals surface area contributed by atoms with Gasteiger partial charge in [-0.3, -0.25) is 14.6 Å². The van der Waals surface area contributed by atoms with Crippen molar-refractivity contribution < 1.29 is 14.3 Å². The molecule has 0 aromatic carbocycles. The predicted molar refractivity (Wildman–Crippen MR) is 62.4 cm³/mol. The van der Waals surface area contributed by atoms with Gasteiger partial charge in [0.05, 0.1) is 30.3 Å². The van der Waals surface area contributed by atoms with Crippen LogP contribution in [0.15, 0.2) is 12.3 Å². The van der Waals surface area contributed by atoms with E-state index in [-0.39, 0.29) is 12.5 Å². The van der Waals surface area contributed by atoms with Gasteiger partial charge in [0.25, 0.3) is 5.91 Å². The van der Waals surface area contributed by atoms with E-state index in [0.29, 0.717) is 16.9 Å². The van der Waals surface area contributed by atoms with Crippen molar-refractivity contribution in [1.82, 2.24) is 9.88 Å². The van der Waals surface area contributed by atoms with Crippen LogP contribution < -0.4 is 5.73 Å². The van der Waals surface area contributed by atoms with E-state index in [1.165, 1.54) is 25.3 Å². The number of nitrogen functional groups attached to an aromatic ring is 1. The number of hydrogen-bond acceptors (Lipinski definition) is 5. The van der Waals surface area contributed by atoms with Gasteiger partial charge in [-0.25, -0.2) is 0 Å². The molecule has 6 heteroatoms. The summed E-state index contributed by atoms with van der Waals surface area (Å²) in [6, 6.07) is 1.54. The minimum absolute atomic E-state index is 0.108. The lowest BCUT2D eigenvalue weighted by atomic mass is 10.1. The van der Waals surface area contributed by atoms with Crippen LogP contribution in [0.5, 0.6) is 0 Å². The Labute approximate surface area is 99.4 Å². The lowest BCUT2D eigenvalue weighted by molar-refractivity contribution is -0.141. The first kappa shape index (κ1) is 13.0. The van der Waals surface area contributed by atoms with Gasteiger partial charge in [0.15, 0.2) is 0 Å².